The molecule has 1 heterocycles. The molecule has 1 aliphatic rings. The minimum Gasteiger partial charge on any atom is -0.394 e. The van der Waals surface area contributed by atoms with Gasteiger partial charge in [-0.1, -0.05) is 0 Å². The van der Waals surface area contributed by atoms with Crippen LogP contribution in [-0.2, 0) is 4.79 Å². The van der Waals surface area contributed by atoms with E-state index in [1.165, 1.54) is 0 Å². The van der Waals surface area contributed by atoms with Crippen LogP contribution >= 0.6 is 12.4 Å². The molecule has 0 unspecified atom stereocenters. The van der Waals surface area contributed by atoms with Gasteiger partial charge in [0, 0.05) is 6.54 Å². The number of carbonyl (C=O) groups excluding carboxylic acids is 1. The number of hydrogen-bond donors (Lipinski definition) is 2. The molecule has 0 radical (unpaired) electrons. The van der Waals surface area contributed by atoms with Gasteiger partial charge in [-0.15, -0.1) is 12.4 Å². The number of carbonyl (C=O) groups is 1. The number of hydrogen-bond acceptors (Lipinski definition) is 3. The molecule has 1 amide bonds. The number of nitrogens with two attached hydrogens (primary N) is 1. The van der Waals surface area contributed by atoms with Gasteiger partial charge in [-0.2, -0.15) is 0 Å². The van der Waals surface area contributed by atoms with Gasteiger partial charge in [0.25, 0.3) is 0 Å². The van der Waals surface area contributed by atoms with Crippen LogP contribution in [0.4, 0.5) is 0 Å². The molecule has 1 rings (SSSR count). The largest absolute Gasteiger partial charge is 0.394 e. The Kier molecular flexibility index (Phi) is 5.20. The van der Waals surface area contributed by atoms with Crippen molar-refractivity contribution < 1.29 is 9.90 Å². The molecule has 0 spiro atoms. The molecule has 0 aliphatic carbocycles. The molecule has 1 saturated heterocycles. The molecular formula is C7H15ClN2O2. The Morgan fingerprint density at radius 3 is 2.83 bits per heavy atom. The lowest BCUT2D eigenvalue weighted by Gasteiger charge is -2.21. The van der Waals surface area contributed by atoms with Gasteiger partial charge in [-0.05, 0) is 12.8 Å². The molecule has 4 nitrogen and oxygen atoms in total. The van der Waals surface area contributed by atoms with Crippen LogP contribution in [0.1, 0.15) is 12.8 Å². The van der Waals surface area contributed by atoms with Crippen molar-refractivity contribution >= 4 is 18.3 Å². The average Bonchev–Trinajstić information content (AvgIpc) is 2.50. The second-order valence-electron chi connectivity index (χ2n) is 2.77. The van der Waals surface area contributed by atoms with Gasteiger partial charge in [0.2, 0.25) is 5.91 Å². The van der Waals surface area contributed by atoms with E-state index in [-0.39, 0.29) is 37.5 Å². The first kappa shape index (κ1) is 11.7. The molecular weight excluding hydrogens is 180 g/mol. The van der Waals surface area contributed by atoms with Crippen LogP contribution in [0.25, 0.3) is 0 Å². The van der Waals surface area contributed by atoms with E-state index in [2.05, 4.69) is 0 Å². The third kappa shape index (κ3) is 2.33. The summed E-state index contributed by atoms with van der Waals surface area (Å²) < 4.78 is 0. The summed E-state index contributed by atoms with van der Waals surface area (Å²) in [5, 5.41) is 8.85. The van der Waals surface area contributed by atoms with Gasteiger partial charge < -0.3 is 15.7 Å². The Hall–Kier alpha value is -0.320. The molecule has 0 bridgehead atoms. The topological polar surface area (TPSA) is 66.6 Å². The highest BCUT2D eigenvalue weighted by molar-refractivity contribution is 5.85. The lowest BCUT2D eigenvalue weighted by Crippen LogP contribution is -2.41. The maximum atomic E-state index is 11.1. The van der Waals surface area contributed by atoms with E-state index in [4.69, 9.17) is 10.8 Å². The summed E-state index contributed by atoms with van der Waals surface area (Å²) in [4.78, 5) is 12.7. The van der Waals surface area contributed by atoms with E-state index in [9.17, 15) is 4.79 Å². The smallest absolute Gasteiger partial charge is 0.236 e. The quantitative estimate of drug-likeness (QED) is 0.614. The number of halogens is 1. The molecule has 5 heteroatoms. The molecule has 72 valence electrons. The molecule has 1 atom stereocenters. The van der Waals surface area contributed by atoms with Crippen molar-refractivity contribution in [2.75, 3.05) is 19.7 Å². The molecule has 1 fully saturated rings. The summed E-state index contributed by atoms with van der Waals surface area (Å²) in [7, 11) is 0. The van der Waals surface area contributed by atoms with Gasteiger partial charge in [0.1, 0.15) is 0 Å². The summed E-state index contributed by atoms with van der Waals surface area (Å²) >= 11 is 0. The van der Waals surface area contributed by atoms with Crippen LogP contribution in [0.15, 0.2) is 0 Å². The molecule has 12 heavy (non-hydrogen) atoms. The van der Waals surface area contributed by atoms with E-state index in [1.807, 2.05) is 0 Å². The Morgan fingerprint density at radius 2 is 2.33 bits per heavy atom. The van der Waals surface area contributed by atoms with E-state index in [1.54, 1.807) is 4.90 Å². The fourth-order valence-corrected chi connectivity index (χ4v) is 1.47. The number of rotatable bonds is 2. The Morgan fingerprint density at radius 1 is 1.67 bits per heavy atom. The van der Waals surface area contributed by atoms with Crippen LogP contribution in [0.5, 0.6) is 0 Å². The van der Waals surface area contributed by atoms with Crippen molar-refractivity contribution in [3.63, 3.8) is 0 Å². The minimum absolute atomic E-state index is 0. The maximum Gasteiger partial charge on any atom is 0.236 e. The third-order valence-electron chi connectivity index (χ3n) is 2.08. The lowest BCUT2D eigenvalue weighted by molar-refractivity contribution is -0.131. The highest BCUT2D eigenvalue weighted by atomic mass is 35.5. The summed E-state index contributed by atoms with van der Waals surface area (Å²) in [6, 6.07) is 0.0195. The van der Waals surface area contributed by atoms with Gasteiger partial charge in [0.05, 0.1) is 19.2 Å². The van der Waals surface area contributed by atoms with E-state index in [0.717, 1.165) is 19.4 Å². The standard InChI is InChI=1S/C7H14N2O2.ClH/c8-4-7(11)9-3-1-2-6(9)5-10;/h6,10H,1-5,8H2;1H/t6-;/m0./s1. The third-order valence-corrected chi connectivity index (χ3v) is 2.08. The SMILES string of the molecule is Cl.NCC(=O)N1CCC[C@H]1CO. The van der Waals surface area contributed by atoms with Crippen LogP contribution in [0.3, 0.4) is 0 Å². The number of aliphatic hydroxyl groups excluding tert-OH is 1. The van der Waals surface area contributed by atoms with Crippen molar-refractivity contribution in [1.82, 2.24) is 4.90 Å². The monoisotopic (exact) mass is 194 g/mol. The predicted octanol–water partition coefficient (Wildman–Crippen LogP) is -0.650. The first-order chi connectivity index (χ1) is 5.29. The summed E-state index contributed by atoms with van der Waals surface area (Å²) in [5.74, 6) is -0.0541. The Balaban J connectivity index is 0.00000121. The van der Waals surface area contributed by atoms with Crippen LogP contribution < -0.4 is 5.73 Å². The van der Waals surface area contributed by atoms with E-state index in [0.29, 0.717) is 0 Å². The molecule has 3 N–H and O–H groups in total. The van der Waals surface area contributed by atoms with Crippen molar-refractivity contribution in [3.05, 3.63) is 0 Å². The van der Waals surface area contributed by atoms with Crippen LogP contribution in [0.2, 0.25) is 0 Å². The summed E-state index contributed by atoms with van der Waals surface area (Å²) in [6.07, 6.45) is 1.89. The average molecular weight is 195 g/mol. The van der Waals surface area contributed by atoms with Gasteiger partial charge in [-0.3, -0.25) is 4.79 Å². The van der Waals surface area contributed by atoms with Crippen molar-refractivity contribution in [1.29, 1.82) is 0 Å². The Bertz CT molecular complexity index is 154. The zero-order chi connectivity index (χ0) is 8.27. The van der Waals surface area contributed by atoms with Crippen molar-refractivity contribution in [3.8, 4) is 0 Å². The summed E-state index contributed by atoms with van der Waals surface area (Å²) in [5.41, 5.74) is 5.20. The van der Waals surface area contributed by atoms with Crippen LogP contribution in [-0.4, -0.2) is 41.7 Å². The molecule has 0 saturated carbocycles. The fraction of sp³-hybridized carbons (Fsp3) is 0.857. The van der Waals surface area contributed by atoms with Gasteiger partial charge >= 0.3 is 0 Å². The van der Waals surface area contributed by atoms with Crippen LogP contribution in [0, 0.1) is 0 Å². The normalized spacial score (nSPS) is 22.2. The Labute approximate surface area is 78.1 Å². The first-order valence-electron chi connectivity index (χ1n) is 3.90. The zero-order valence-electron chi connectivity index (χ0n) is 6.90. The number of aliphatic hydroxyl groups is 1. The number of likely N-dealkylation sites (tertiary alicyclic amines) is 1. The lowest BCUT2D eigenvalue weighted by atomic mass is 10.2. The summed E-state index contributed by atoms with van der Waals surface area (Å²) in [6.45, 7) is 0.865. The second kappa shape index (κ2) is 5.35. The fourth-order valence-electron chi connectivity index (χ4n) is 1.47. The minimum atomic E-state index is -0.0541. The highest BCUT2D eigenvalue weighted by Gasteiger charge is 2.26. The predicted molar refractivity (Wildman–Crippen MR) is 48.1 cm³/mol. The molecule has 0 aromatic rings. The van der Waals surface area contributed by atoms with E-state index >= 15 is 0 Å². The van der Waals surface area contributed by atoms with Crippen molar-refractivity contribution in [2.24, 2.45) is 5.73 Å². The van der Waals surface area contributed by atoms with Gasteiger partial charge in [0.15, 0.2) is 0 Å². The number of nitrogens with zero attached hydrogens (tertiary/aromatic N) is 1. The van der Waals surface area contributed by atoms with E-state index < -0.39 is 0 Å². The second-order valence-corrected chi connectivity index (χ2v) is 2.77. The van der Waals surface area contributed by atoms with Gasteiger partial charge in [-0.25, -0.2) is 0 Å². The molecule has 1 aliphatic heterocycles. The van der Waals surface area contributed by atoms with Crippen molar-refractivity contribution in [2.45, 2.75) is 18.9 Å². The molecule has 0 aromatic carbocycles. The molecule has 0 aromatic heterocycles. The maximum absolute atomic E-state index is 11.1. The highest BCUT2D eigenvalue weighted by Crippen LogP contribution is 2.15. The number of amides is 1. The zero-order valence-corrected chi connectivity index (χ0v) is 7.72. The first-order valence-corrected chi connectivity index (χ1v) is 3.90.